The van der Waals surface area contributed by atoms with Crippen molar-refractivity contribution in [3.05, 3.63) is 63.2 Å². The van der Waals surface area contributed by atoms with E-state index in [1.54, 1.807) is 12.1 Å². The summed E-state index contributed by atoms with van der Waals surface area (Å²) in [6.07, 6.45) is 4.00. The molecule has 1 amide bonds. The number of rotatable bonds is 9. The Morgan fingerprint density at radius 2 is 2.00 bits per heavy atom. The van der Waals surface area contributed by atoms with E-state index in [0.717, 1.165) is 30.9 Å². The molecule has 0 bridgehead atoms. The molecule has 2 aromatic rings. The molecular formula is C22H24N4O6S2. The molecule has 0 radical (unpaired) electrons. The van der Waals surface area contributed by atoms with E-state index in [2.05, 4.69) is 22.4 Å². The molecule has 0 aromatic heterocycles. The van der Waals surface area contributed by atoms with Gasteiger partial charge in [0, 0.05) is 17.2 Å². The van der Waals surface area contributed by atoms with Crippen molar-refractivity contribution < 1.29 is 22.3 Å². The van der Waals surface area contributed by atoms with Gasteiger partial charge in [0.05, 0.1) is 16.4 Å². The quantitative estimate of drug-likeness (QED) is 0.235. The second-order valence-electron chi connectivity index (χ2n) is 7.67. The maximum atomic E-state index is 12.8. The van der Waals surface area contributed by atoms with Gasteiger partial charge >= 0.3 is 10.1 Å². The molecule has 0 unspecified atom stereocenters. The van der Waals surface area contributed by atoms with E-state index in [4.69, 9.17) is 4.18 Å². The highest BCUT2D eigenvalue weighted by atomic mass is 32.2. The van der Waals surface area contributed by atoms with Crippen LogP contribution < -0.4 is 9.50 Å². The van der Waals surface area contributed by atoms with Gasteiger partial charge in [-0.05, 0) is 38.5 Å². The molecule has 1 aliphatic rings. The van der Waals surface area contributed by atoms with Crippen molar-refractivity contribution in [2.24, 2.45) is 10.2 Å². The monoisotopic (exact) mass is 504 g/mol. The fraction of sp³-hybridized carbons (Fsp3) is 0.318. The largest absolute Gasteiger partial charge is 0.378 e. The van der Waals surface area contributed by atoms with E-state index >= 15 is 0 Å². The fourth-order valence-corrected chi connectivity index (χ4v) is 5.08. The molecule has 3 rings (SSSR count). The fourth-order valence-electron chi connectivity index (χ4n) is 3.13. The minimum Gasteiger partial charge on any atom is -0.378 e. The number of hydrogen-bond donors (Lipinski definition) is 1. The predicted octanol–water partition coefficient (Wildman–Crippen LogP) is 4.09. The number of hydrogen-bond acceptors (Lipinski definition) is 9. The Labute approximate surface area is 201 Å². The highest BCUT2D eigenvalue weighted by Gasteiger charge is 2.29. The molecular weight excluding hydrogens is 480 g/mol. The van der Waals surface area contributed by atoms with E-state index in [0.29, 0.717) is 16.3 Å². The van der Waals surface area contributed by atoms with E-state index in [-0.39, 0.29) is 27.5 Å². The number of thioether (sulfide) groups is 1. The minimum absolute atomic E-state index is 0.0123. The molecule has 34 heavy (non-hydrogen) atoms. The number of unbranched alkanes of at least 4 members (excludes halogenated alkanes) is 1. The van der Waals surface area contributed by atoms with Crippen LogP contribution in [0.2, 0.25) is 0 Å². The second kappa shape index (κ2) is 10.8. The van der Waals surface area contributed by atoms with Gasteiger partial charge in [-0.1, -0.05) is 49.2 Å². The van der Waals surface area contributed by atoms with Gasteiger partial charge in [0.2, 0.25) is 5.91 Å². The van der Waals surface area contributed by atoms with Crippen molar-refractivity contribution in [3.63, 3.8) is 0 Å². The lowest BCUT2D eigenvalue weighted by Crippen LogP contribution is -2.24. The average molecular weight is 505 g/mol. The topological polar surface area (TPSA) is 140 Å². The van der Waals surface area contributed by atoms with Gasteiger partial charge in [-0.15, -0.1) is 5.10 Å². The van der Waals surface area contributed by atoms with Crippen LogP contribution in [0.4, 0.5) is 5.69 Å². The lowest BCUT2D eigenvalue weighted by Gasteiger charge is -2.10. The van der Waals surface area contributed by atoms with Gasteiger partial charge in [0.25, 0.3) is 5.69 Å². The van der Waals surface area contributed by atoms with E-state index in [9.17, 15) is 23.3 Å². The molecule has 180 valence electrons. The number of nitrogens with one attached hydrogen (secondary N) is 1. The van der Waals surface area contributed by atoms with Gasteiger partial charge in [-0.2, -0.15) is 13.5 Å². The third-order valence-corrected chi connectivity index (χ3v) is 7.34. The number of carbonyl (C=O) groups is 1. The van der Waals surface area contributed by atoms with E-state index < -0.39 is 15.0 Å². The number of aryl methyl sites for hydroxylation is 2. The molecule has 1 atom stereocenters. The maximum absolute atomic E-state index is 12.8. The van der Waals surface area contributed by atoms with E-state index in [1.165, 1.54) is 43.1 Å². The molecule has 0 saturated carbocycles. The second-order valence-corrected chi connectivity index (χ2v) is 10.4. The zero-order valence-electron chi connectivity index (χ0n) is 18.8. The van der Waals surface area contributed by atoms with Crippen molar-refractivity contribution in [1.82, 2.24) is 5.32 Å². The number of amidine groups is 1. The number of nitro groups is 1. The number of nitro benzene ring substituents is 1. The predicted molar refractivity (Wildman–Crippen MR) is 131 cm³/mol. The first-order valence-electron chi connectivity index (χ1n) is 10.5. The Morgan fingerprint density at radius 3 is 2.71 bits per heavy atom. The molecule has 1 saturated heterocycles. The lowest BCUT2D eigenvalue weighted by molar-refractivity contribution is -0.385. The summed E-state index contributed by atoms with van der Waals surface area (Å²) < 4.78 is 30.9. The summed E-state index contributed by atoms with van der Waals surface area (Å²) in [7, 11) is -4.35. The summed E-state index contributed by atoms with van der Waals surface area (Å²) in [5, 5.41) is 22.1. The summed E-state index contributed by atoms with van der Waals surface area (Å²) in [6, 6.07) is 8.36. The minimum atomic E-state index is -4.35. The van der Waals surface area contributed by atoms with Crippen LogP contribution in [0.15, 0.2) is 51.5 Å². The van der Waals surface area contributed by atoms with Gasteiger partial charge in [-0.25, -0.2) is 0 Å². The highest BCUT2D eigenvalue weighted by molar-refractivity contribution is 8.15. The van der Waals surface area contributed by atoms with Crippen LogP contribution >= 0.6 is 11.8 Å². The lowest BCUT2D eigenvalue weighted by atomic mass is 10.1. The Balaban J connectivity index is 1.82. The Kier molecular flexibility index (Phi) is 8.05. The van der Waals surface area contributed by atoms with E-state index in [1.807, 2.05) is 6.92 Å². The smallest absolute Gasteiger partial charge is 0.339 e. The molecule has 1 fully saturated rings. The molecule has 1 aliphatic heterocycles. The Bertz CT molecular complexity index is 1270. The van der Waals surface area contributed by atoms with Crippen LogP contribution in [-0.4, -0.2) is 35.9 Å². The molecule has 0 aliphatic carbocycles. The normalized spacial score (nSPS) is 17.3. The number of benzene rings is 2. The summed E-state index contributed by atoms with van der Waals surface area (Å²) in [6.45, 7) is 5.39. The standard InChI is InChI=1S/C22H24N4O6S2/c1-4-5-6-20-21(27)24-22(33-20)25-23-13-16-11-14(2)7-10-19(16)32-34(30,31)17-9-8-15(3)18(12-17)26(28)29/h7-13,20H,4-6H2,1-3H3,(H,24,25,27)/b23-13-/t20-/m1/s1. The number of carbonyl (C=O) groups excluding carboxylic acids is 1. The zero-order valence-corrected chi connectivity index (χ0v) is 20.5. The van der Waals surface area contributed by atoms with Crippen molar-refractivity contribution in [2.75, 3.05) is 0 Å². The number of amides is 1. The first-order valence-corrected chi connectivity index (χ1v) is 12.8. The maximum Gasteiger partial charge on any atom is 0.339 e. The van der Waals surface area contributed by atoms with Gasteiger partial charge in [0.1, 0.15) is 4.90 Å². The molecule has 1 N–H and O–H groups in total. The van der Waals surface area contributed by atoms with Gasteiger partial charge < -0.3 is 9.50 Å². The van der Waals surface area contributed by atoms with Crippen LogP contribution in [0.25, 0.3) is 0 Å². The summed E-state index contributed by atoms with van der Waals surface area (Å²) in [5.41, 5.74) is 1.18. The van der Waals surface area contributed by atoms with Crippen LogP contribution in [0.1, 0.15) is 42.9 Å². The first kappa shape index (κ1) is 25.4. The molecule has 1 heterocycles. The highest BCUT2D eigenvalue weighted by Crippen LogP contribution is 2.27. The third-order valence-electron chi connectivity index (χ3n) is 4.97. The molecule has 2 aromatic carbocycles. The summed E-state index contributed by atoms with van der Waals surface area (Å²) >= 11 is 1.31. The van der Waals surface area contributed by atoms with Gasteiger partial charge in [0.15, 0.2) is 10.9 Å². The van der Waals surface area contributed by atoms with Gasteiger partial charge in [-0.3, -0.25) is 14.9 Å². The summed E-state index contributed by atoms with van der Waals surface area (Å²) in [4.78, 5) is 22.2. The van der Waals surface area contributed by atoms with Crippen LogP contribution in [-0.2, 0) is 14.9 Å². The zero-order chi connectivity index (χ0) is 24.9. The summed E-state index contributed by atoms with van der Waals surface area (Å²) in [5.74, 6) is -0.119. The SMILES string of the molecule is CCCC[C@H]1S/C(=N\N=C/c2cc(C)ccc2OS(=O)(=O)c2ccc(C)c([N+](=O)[O-])c2)NC1=O. The first-order chi connectivity index (χ1) is 16.1. The molecule has 10 nitrogen and oxygen atoms in total. The van der Waals surface area contributed by atoms with Crippen molar-refractivity contribution >= 4 is 44.9 Å². The Hall–Kier alpha value is -3.25. The third kappa shape index (κ3) is 6.20. The van der Waals surface area contributed by atoms with Crippen LogP contribution in [0.5, 0.6) is 5.75 Å². The molecule has 12 heteroatoms. The average Bonchev–Trinajstić information content (AvgIpc) is 3.13. The van der Waals surface area contributed by atoms with Crippen molar-refractivity contribution in [1.29, 1.82) is 0 Å². The van der Waals surface area contributed by atoms with Crippen LogP contribution in [0.3, 0.4) is 0 Å². The Morgan fingerprint density at radius 1 is 1.24 bits per heavy atom. The van der Waals surface area contributed by atoms with Crippen LogP contribution in [0, 0.1) is 24.0 Å². The number of nitrogens with zero attached hydrogens (tertiary/aromatic N) is 3. The molecule has 0 spiro atoms. The van der Waals surface area contributed by atoms with Crippen molar-refractivity contribution in [2.45, 2.75) is 50.2 Å². The van der Waals surface area contributed by atoms with Crippen molar-refractivity contribution in [3.8, 4) is 5.75 Å².